The van der Waals surface area contributed by atoms with Gasteiger partial charge < -0.3 is 24.0 Å². The Balaban J connectivity index is 1.00. The molecule has 7 rings (SSSR count). The number of hydrogen-bond donors (Lipinski definition) is 1. The van der Waals surface area contributed by atoms with E-state index in [2.05, 4.69) is 24.3 Å². The second-order valence-corrected chi connectivity index (χ2v) is 11.4. The van der Waals surface area contributed by atoms with Crippen molar-refractivity contribution in [3.05, 3.63) is 71.3 Å². The van der Waals surface area contributed by atoms with Crippen molar-refractivity contribution in [2.75, 3.05) is 37.7 Å². The second kappa shape index (κ2) is 11.0. The average molecular weight is 572 g/mol. The zero-order valence-electron chi connectivity index (χ0n) is 22.3. The molecule has 4 aromatic heterocycles. The van der Waals surface area contributed by atoms with Crippen molar-refractivity contribution in [2.45, 2.75) is 32.2 Å². The van der Waals surface area contributed by atoms with E-state index in [0.29, 0.717) is 25.6 Å². The van der Waals surface area contributed by atoms with E-state index >= 15 is 0 Å². The zero-order chi connectivity index (χ0) is 27.8. The number of pyridine rings is 2. The van der Waals surface area contributed by atoms with Gasteiger partial charge in [-0.2, -0.15) is 4.98 Å². The van der Waals surface area contributed by atoms with Crippen LogP contribution < -0.4 is 9.64 Å². The Labute approximate surface area is 240 Å². The molecule has 0 amide bonds. The van der Waals surface area contributed by atoms with Crippen LogP contribution in [0.5, 0.6) is 5.88 Å². The quantitative estimate of drug-likeness (QED) is 0.280. The van der Waals surface area contributed by atoms with Gasteiger partial charge in [0.2, 0.25) is 5.88 Å². The molecule has 0 radical (unpaired) electrons. The van der Waals surface area contributed by atoms with E-state index in [1.54, 1.807) is 41.9 Å². The summed E-state index contributed by atoms with van der Waals surface area (Å²) in [6.45, 7) is 5.88. The highest BCUT2D eigenvalue weighted by molar-refractivity contribution is 7.18. The van der Waals surface area contributed by atoms with Crippen molar-refractivity contribution < 1.29 is 19.4 Å². The number of benzene rings is 1. The number of aromatic nitrogens is 5. The Kier molecular flexibility index (Phi) is 6.95. The molecule has 0 bridgehead atoms. The van der Waals surface area contributed by atoms with Crippen LogP contribution >= 0.6 is 11.3 Å². The van der Waals surface area contributed by atoms with Gasteiger partial charge in [0.25, 0.3) is 0 Å². The van der Waals surface area contributed by atoms with Gasteiger partial charge in [-0.1, -0.05) is 6.07 Å². The van der Waals surface area contributed by atoms with Gasteiger partial charge in [0, 0.05) is 45.0 Å². The number of carboxylic acid groups (broad SMARTS) is 1. The molecule has 0 spiro atoms. The van der Waals surface area contributed by atoms with Gasteiger partial charge >= 0.3 is 5.97 Å². The maximum Gasteiger partial charge on any atom is 0.335 e. The Morgan fingerprint density at radius 1 is 1.07 bits per heavy atom. The maximum atomic E-state index is 11.6. The Morgan fingerprint density at radius 3 is 2.73 bits per heavy atom. The lowest BCUT2D eigenvalue weighted by Gasteiger charge is -2.35. The molecule has 2 aliphatic heterocycles. The minimum absolute atomic E-state index is 0.142. The first-order valence-corrected chi connectivity index (χ1v) is 14.5. The number of piperazine rings is 1. The van der Waals surface area contributed by atoms with Gasteiger partial charge in [-0.3, -0.25) is 9.88 Å². The molecule has 41 heavy (non-hydrogen) atoms. The summed E-state index contributed by atoms with van der Waals surface area (Å²) in [4.78, 5) is 34.6. The molecule has 0 aliphatic carbocycles. The van der Waals surface area contributed by atoms with Gasteiger partial charge in [0.1, 0.15) is 23.3 Å². The number of aromatic carboxylic acids is 1. The highest BCUT2D eigenvalue weighted by atomic mass is 32.1. The van der Waals surface area contributed by atoms with E-state index in [9.17, 15) is 9.90 Å². The van der Waals surface area contributed by atoms with E-state index in [1.807, 2.05) is 24.3 Å². The molecule has 2 saturated heterocycles. The van der Waals surface area contributed by atoms with Gasteiger partial charge in [-0.05, 0) is 36.8 Å². The van der Waals surface area contributed by atoms with Crippen LogP contribution in [0.1, 0.15) is 27.6 Å². The second-order valence-electron chi connectivity index (χ2n) is 10.3. The molecular weight excluding hydrogens is 542 g/mol. The molecule has 1 aromatic carbocycles. The number of carboxylic acids is 1. The number of ether oxygens (including phenoxy) is 2. The fourth-order valence-electron chi connectivity index (χ4n) is 5.28. The molecule has 2 fully saturated rings. The minimum atomic E-state index is -0.936. The van der Waals surface area contributed by atoms with Crippen LogP contribution in [0.25, 0.3) is 21.3 Å². The third kappa shape index (κ3) is 5.45. The molecule has 6 heterocycles. The third-order valence-electron chi connectivity index (χ3n) is 7.60. The van der Waals surface area contributed by atoms with Gasteiger partial charge in [0.15, 0.2) is 0 Å². The first-order valence-electron chi connectivity index (χ1n) is 13.7. The molecule has 1 N–H and O–H groups in total. The molecule has 2 aliphatic rings. The predicted molar refractivity (Wildman–Crippen MR) is 155 cm³/mol. The van der Waals surface area contributed by atoms with Crippen LogP contribution in [0.3, 0.4) is 0 Å². The van der Waals surface area contributed by atoms with Gasteiger partial charge in [-0.25, -0.2) is 14.8 Å². The predicted octanol–water partition coefficient (Wildman–Crippen LogP) is 3.82. The highest BCUT2D eigenvalue weighted by Gasteiger charge is 2.25. The van der Waals surface area contributed by atoms with Crippen molar-refractivity contribution in [3.63, 3.8) is 0 Å². The van der Waals surface area contributed by atoms with Crippen molar-refractivity contribution in [2.24, 2.45) is 0 Å². The van der Waals surface area contributed by atoms with Crippen LogP contribution in [0.15, 0.2) is 54.9 Å². The number of carbonyl (C=O) groups is 1. The van der Waals surface area contributed by atoms with Crippen LogP contribution in [0.4, 0.5) is 5.82 Å². The number of anilines is 1. The summed E-state index contributed by atoms with van der Waals surface area (Å²) >= 11 is 1.60. The number of thiazole rings is 1. The summed E-state index contributed by atoms with van der Waals surface area (Å²) in [6, 6.07) is 13.0. The third-order valence-corrected chi connectivity index (χ3v) is 8.61. The monoisotopic (exact) mass is 571 g/mol. The zero-order valence-corrected chi connectivity index (χ0v) is 23.2. The van der Waals surface area contributed by atoms with Gasteiger partial charge in [-0.15, -0.1) is 11.3 Å². The fourth-order valence-corrected chi connectivity index (χ4v) is 6.13. The number of rotatable bonds is 9. The summed E-state index contributed by atoms with van der Waals surface area (Å²) in [5.41, 5.74) is 2.81. The van der Waals surface area contributed by atoms with E-state index in [1.165, 1.54) is 0 Å². The lowest BCUT2D eigenvalue weighted by atomic mass is 10.1. The first kappa shape index (κ1) is 25.8. The highest BCUT2D eigenvalue weighted by Crippen LogP contribution is 2.25. The van der Waals surface area contributed by atoms with Gasteiger partial charge in [0.05, 0.1) is 52.2 Å². The topological polar surface area (TPSA) is 119 Å². The van der Waals surface area contributed by atoms with Crippen molar-refractivity contribution >= 4 is 44.4 Å². The smallest absolute Gasteiger partial charge is 0.335 e. The maximum absolute atomic E-state index is 11.6. The van der Waals surface area contributed by atoms with E-state index < -0.39 is 5.97 Å². The summed E-state index contributed by atoms with van der Waals surface area (Å²) in [5.74, 6) is 1.47. The number of fused-ring (bicyclic) bond motifs is 2. The average Bonchev–Trinajstić information content (AvgIpc) is 3.54. The molecule has 210 valence electrons. The molecule has 11 nitrogen and oxygen atoms in total. The number of imidazole rings is 1. The van der Waals surface area contributed by atoms with Crippen molar-refractivity contribution in [1.29, 1.82) is 0 Å². The van der Waals surface area contributed by atoms with E-state index in [0.717, 1.165) is 77.1 Å². The van der Waals surface area contributed by atoms with Crippen molar-refractivity contribution in [1.82, 2.24) is 29.4 Å². The summed E-state index contributed by atoms with van der Waals surface area (Å²) in [5, 5.41) is 10.4. The summed E-state index contributed by atoms with van der Waals surface area (Å²) in [7, 11) is 0. The normalized spacial score (nSPS) is 17.7. The molecule has 0 saturated carbocycles. The molecular formula is C29H29N7O4S. The first-order chi connectivity index (χ1) is 20.1. The van der Waals surface area contributed by atoms with E-state index in [-0.39, 0.29) is 11.7 Å². The SMILES string of the molecule is O=C(O)c1ccc2nc(CN3CCN(c4cccc(OCc5nc6cnccc6s5)n4)CC3)n(C[C@@H]3CCO3)c2c1. The Bertz CT molecular complexity index is 1680. The van der Waals surface area contributed by atoms with Crippen LogP contribution in [-0.4, -0.2) is 79.4 Å². The van der Waals surface area contributed by atoms with Crippen LogP contribution in [-0.2, 0) is 24.4 Å². The van der Waals surface area contributed by atoms with Crippen molar-refractivity contribution in [3.8, 4) is 5.88 Å². The molecule has 0 unspecified atom stereocenters. The molecule has 12 heteroatoms. The largest absolute Gasteiger partial charge is 0.478 e. The lowest BCUT2D eigenvalue weighted by Crippen LogP contribution is -2.46. The lowest BCUT2D eigenvalue weighted by molar-refractivity contribution is -0.0592. The summed E-state index contributed by atoms with van der Waals surface area (Å²) < 4.78 is 14.9. The summed E-state index contributed by atoms with van der Waals surface area (Å²) in [6.07, 6.45) is 4.68. The minimum Gasteiger partial charge on any atom is -0.478 e. The fraction of sp³-hybridized carbons (Fsp3) is 0.345. The molecule has 1 atom stereocenters. The van der Waals surface area contributed by atoms with E-state index in [4.69, 9.17) is 19.4 Å². The number of hydrogen-bond acceptors (Lipinski definition) is 10. The Morgan fingerprint density at radius 2 is 1.95 bits per heavy atom. The van der Waals surface area contributed by atoms with Crippen LogP contribution in [0, 0.1) is 0 Å². The Hall–Kier alpha value is -4.13. The van der Waals surface area contributed by atoms with Crippen LogP contribution in [0.2, 0.25) is 0 Å². The molecule has 5 aromatic rings. The standard InChI is InChI=1S/C29H29N7O4S/c37-29(38)19-4-5-21-23(14-19)36(16-20-7-13-39-20)26(31-21)17-34-9-11-35(12-10-34)25-2-1-3-27(33-25)40-18-28-32-22-15-30-8-6-24(22)41-28/h1-6,8,14-15,20H,7,9-13,16-18H2,(H,37,38)/t20-/m0/s1. The number of nitrogens with zero attached hydrogens (tertiary/aromatic N) is 7.